The van der Waals surface area contributed by atoms with Crippen LogP contribution in [0, 0.1) is 6.92 Å². The lowest BCUT2D eigenvalue weighted by Crippen LogP contribution is -2.13. The van der Waals surface area contributed by atoms with Gasteiger partial charge in [0.2, 0.25) is 0 Å². The van der Waals surface area contributed by atoms with Gasteiger partial charge in [0.25, 0.3) is 0 Å². The maximum absolute atomic E-state index is 11.2. The van der Waals surface area contributed by atoms with Gasteiger partial charge in [0.1, 0.15) is 5.58 Å². The van der Waals surface area contributed by atoms with E-state index in [1.54, 1.807) is 0 Å². The predicted octanol–water partition coefficient (Wildman–Crippen LogP) is 1.47. The average Bonchev–Trinajstić information content (AvgIpc) is 2.25. The number of fused-ring (bicyclic) bond motifs is 1. The fourth-order valence-electron chi connectivity index (χ4n) is 1.65. The number of anilines is 1. The Hall–Kier alpha value is -1.81. The number of rotatable bonds is 3. The highest BCUT2D eigenvalue weighted by molar-refractivity contribution is 5.83. The second-order valence-corrected chi connectivity index (χ2v) is 3.67. The lowest BCUT2D eigenvalue weighted by atomic mass is 10.1. The molecule has 2 rings (SSSR count). The van der Waals surface area contributed by atoms with Crippen LogP contribution in [0.5, 0.6) is 0 Å². The second kappa shape index (κ2) is 4.37. The zero-order valence-electron chi connectivity index (χ0n) is 9.12. The summed E-state index contributed by atoms with van der Waals surface area (Å²) in [6.45, 7) is 3.16. The summed E-state index contributed by atoms with van der Waals surface area (Å²) in [5, 5.41) is 4.09. The summed E-state index contributed by atoms with van der Waals surface area (Å²) in [6.07, 6.45) is 0. The molecule has 0 radical (unpaired) electrons. The van der Waals surface area contributed by atoms with Crippen LogP contribution in [0.4, 0.5) is 5.69 Å². The van der Waals surface area contributed by atoms with Crippen LogP contribution in [0.2, 0.25) is 0 Å². The molecule has 0 spiro atoms. The molecule has 16 heavy (non-hydrogen) atoms. The predicted molar refractivity (Wildman–Crippen MR) is 64.8 cm³/mol. The molecule has 1 aromatic carbocycles. The Kier molecular flexibility index (Phi) is 2.92. The minimum atomic E-state index is -0.319. The van der Waals surface area contributed by atoms with E-state index >= 15 is 0 Å². The first-order chi connectivity index (χ1) is 7.70. The number of benzene rings is 1. The van der Waals surface area contributed by atoms with E-state index in [0.29, 0.717) is 18.7 Å². The quantitative estimate of drug-likeness (QED) is 0.765. The molecule has 0 fully saturated rings. The number of hydrogen-bond acceptors (Lipinski definition) is 4. The third-order valence-electron chi connectivity index (χ3n) is 2.42. The monoisotopic (exact) mass is 218 g/mol. The van der Waals surface area contributed by atoms with Crippen molar-refractivity contribution in [3.05, 3.63) is 40.2 Å². The molecule has 4 nitrogen and oxygen atoms in total. The standard InChI is InChI=1S/C12H14N2O2/c1-8-6-12(15)16-11-7-9(14-5-4-13)2-3-10(8)11/h2-3,6-7,14H,4-5,13H2,1H3. The molecule has 0 unspecified atom stereocenters. The van der Waals surface area contributed by atoms with Crippen molar-refractivity contribution in [3.63, 3.8) is 0 Å². The molecule has 0 saturated carbocycles. The Morgan fingerprint density at radius 3 is 2.94 bits per heavy atom. The van der Waals surface area contributed by atoms with Crippen molar-refractivity contribution >= 4 is 16.7 Å². The summed E-state index contributed by atoms with van der Waals surface area (Å²) in [5.74, 6) is 0. The lowest BCUT2D eigenvalue weighted by Gasteiger charge is -2.06. The summed E-state index contributed by atoms with van der Waals surface area (Å²) in [7, 11) is 0. The van der Waals surface area contributed by atoms with E-state index in [-0.39, 0.29) is 5.63 Å². The van der Waals surface area contributed by atoms with E-state index in [0.717, 1.165) is 16.6 Å². The molecule has 84 valence electrons. The number of nitrogens with two attached hydrogens (primary N) is 1. The van der Waals surface area contributed by atoms with Crippen LogP contribution in [0.1, 0.15) is 5.56 Å². The van der Waals surface area contributed by atoms with Crippen LogP contribution in [0.25, 0.3) is 11.0 Å². The first kappa shape index (κ1) is 10.7. The Morgan fingerprint density at radius 2 is 2.19 bits per heavy atom. The zero-order chi connectivity index (χ0) is 11.5. The molecule has 0 aliphatic rings. The molecular formula is C12H14N2O2. The summed E-state index contributed by atoms with van der Waals surface area (Å²) in [6, 6.07) is 7.20. The van der Waals surface area contributed by atoms with Crippen LogP contribution < -0.4 is 16.7 Å². The first-order valence-electron chi connectivity index (χ1n) is 5.19. The molecule has 0 amide bonds. The van der Waals surface area contributed by atoms with Crippen molar-refractivity contribution in [2.45, 2.75) is 6.92 Å². The maximum atomic E-state index is 11.2. The van der Waals surface area contributed by atoms with Gasteiger partial charge in [-0.15, -0.1) is 0 Å². The molecule has 1 heterocycles. The second-order valence-electron chi connectivity index (χ2n) is 3.67. The molecule has 0 bridgehead atoms. The van der Waals surface area contributed by atoms with E-state index in [9.17, 15) is 4.79 Å². The molecule has 2 aromatic rings. The van der Waals surface area contributed by atoms with Crippen molar-refractivity contribution in [1.82, 2.24) is 0 Å². The summed E-state index contributed by atoms with van der Waals surface area (Å²) < 4.78 is 5.14. The minimum absolute atomic E-state index is 0.319. The number of nitrogens with one attached hydrogen (secondary N) is 1. The van der Waals surface area contributed by atoms with E-state index < -0.39 is 0 Å². The van der Waals surface area contributed by atoms with Gasteiger partial charge in [-0.25, -0.2) is 4.79 Å². The largest absolute Gasteiger partial charge is 0.423 e. The summed E-state index contributed by atoms with van der Waals surface area (Å²) in [4.78, 5) is 11.2. The topological polar surface area (TPSA) is 68.3 Å². The highest BCUT2D eigenvalue weighted by atomic mass is 16.4. The van der Waals surface area contributed by atoms with Crippen LogP contribution >= 0.6 is 0 Å². The number of hydrogen-bond donors (Lipinski definition) is 2. The maximum Gasteiger partial charge on any atom is 0.336 e. The van der Waals surface area contributed by atoms with Gasteiger partial charge < -0.3 is 15.5 Å². The third-order valence-corrected chi connectivity index (χ3v) is 2.42. The Morgan fingerprint density at radius 1 is 1.38 bits per heavy atom. The molecule has 4 heteroatoms. The van der Waals surface area contributed by atoms with E-state index in [4.69, 9.17) is 10.2 Å². The minimum Gasteiger partial charge on any atom is -0.423 e. The Labute approximate surface area is 93.1 Å². The van der Waals surface area contributed by atoms with Gasteiger partial charge in [0, 0.05) is 36.3 Å². The van der Waals surface area contributed by atoms with Gasteiger partial charge >= 0.3 is 5.63 Å². The van der Waals surface area contributed by atoms with Gasteiger partial charge in [0.05, 0.1) is 0 Å². The Balaban J connectivity index is 2.49. The normalized spacial score (nSPS) is 10.6. The average molecular weight is 218 g/mol. The van der Waals surface area contributed by atoms with Crippen molar-refractivity contribution in [2.24, 2.45) is 5.73 Å². The van der Waals surface area contributed by atoms with Gasteiger partial charge in [0.15, 0.2) is 0 Å². The molecule has 1 aromatic heterocycles. The molecule has 0 atom stereocenters. The van der Waals surface area contributed by atoms with Gasteiger partial charge in [-0.2, -0.15) is 0 Å². The molecule has 0 saturated heterocycles. The van der Waals surface area contributed by atoms with E-state index in [1.165, 1.54) is 6.07 Å². The van der Waals surface area contributed by atoms with Crippen LogP contribution in [0.3, 0.4) is 0 Å². The first-order valence-corrected chi connectivity index (χ1v) is 5.19. The summed E-state index contributed by atoms with van der Waals surface area (Å²) >= 11 is 0. The summed E-state index contributed by atoms with van der Waals surface area (Å²) in [5.41, 5.74) is 7.52. The highest BCUT2D eigenvalue weighted by Gasteiger charge is 2.02. The van der Waals surface area contributed by atoms with Crippen LogP contribution in [-0.4, -0.2) is 13.1 Å². The smallest absolute Gasteiger partial charge is 0.336 e. The van der Waals surface area contributed by atoms with Crippen molar-refractivity contribution in [2.75, 3.05) is 18.4 Å². The third kappa shape index (κ3) is 2.06. The van der Waals surface area contributed by atoms with Gasteiger partial charge in [-0.05, 0) is 24.6 Å². The fourth-order valence-corrected chi connectivity index (χ4v) is 1.65. The SMILES string of the molecule is Cc1cc(=O)oc2cc(NCCN)ccc12. The van der Waals surface area contributed by atoms with Gasteiger partial charge in [-0.1, -0.05) is 0 Å². The Bertz CT molecular complexity index is 560. The lowest BCUT2D eigenvalue weighted by molar-refractivity contribution is 0.560. The van der Waals surface area contributed by atoms with Crippen molar-refractivity contribution < 1.29 is 4.42 Å². The van der Waals surface area contributed by atoms with E-state index in [1.807, 2.05) is 25.1 Å². The molecular weight excluding hydrogens is 204 g/mol. The van der Waals surface area contributed by atoms with Crippen molar-refractivity contribution in [3.8, 4) is 0 Å². The molecule has 0 aliphatic heterocycles. The van der Waals surface area contributed by atoms with E-state index in [2.05, 4.69) is 5.32 Å². The van der Waals surface area contributed by atoms with Crippen LogP contribution in [0.15, 0.2) is 33.5 Å². The molecule has 0 aliphatic carbocycles. The van der Waals surface area contributed by atoms with Crippen molar-refractivity contribution in [1.29, 1.82) is 0 Å². The highest BCUT2D eigenvalue weighted by Crippen LogP contribution is 2.20. The molecule has 3 N–H and O–H groups in total. The zero-order valence-corrected chi connectivity index (χ0v) is 9.12. The van der Waals surface area contributed by atoms with Crippen LogP contribution in [-0.2, 0) is 0 Å². The fraction of sp³-hybridized carbons (Fsp3) is 0.250. The number of aryl methyl sites for hydroxylation is 1. The van der Waals surface area contributed by atoms with Gasteiger partial charge in [-0.3, -0.25) is 0 Å².